The van der Waals surface area contributed by atoms with Gasteiger partial charge in [0.1, 0.15) is 6.04 Å². The van der Waals surface area contributed by atoms with Crippen molar-refractivity contribution in [2.24, 2.45) is 0 Å². The number of piperazine rings is 1. The minimum atomic E-state index is -0.277. The quantitative estimate of drug-likeness (QED) is 0.723. The first-order valence-corrected chi connectivity index (χ1v) is 5.93. The number of carbonyl (C=O) groups is 2. The molecule has 1 aromatic heterocycles. The van der Waals surface area contributed by atoms with Crippen LogP contribution >= 0.6 is 11.3 Å². The Bertz CT molecular complexity index is 366. The lowest BCUT2D eigenvalue weighted by Crippen LogP contribution is -2.52. The summed E-state index contributed by atoms with van der Waals surface area (Å²) >= 11 is 1.55. The second-order valence-electron chi connectivity index (χ2n) is 3.50. The molecule has 0 bridgehead atoms. The minimum absolute atomic E-state index is 0.00130. The zero-order valence-corrected chi connectivity index (χ0v) is 9.50. The first kappa shape index (κ1) is 11.1. The molecule has 2 N–H and O–H groups in total. The van der Waals surface area contributed by atoms with Gasteiger partial charge in [0, 0.05) is 18.0 Å². The molecule has 2 heterocycles. The second kappa shape index (κ2) is 5.09. The molecule has 5 nitrogen and oxygen atoms in total. The van der Waals surface area contributed by atoms with Crippen molar-refractivity contribution in [2.75, 3.05) is 19.8 Å². The van der Waals surface area contributed by atoms with E-state index in [2.05, 4.69) is 10.6 Å². The van der Waals surface area contributed by atoms with Crippen molar-refractivity contribution in [3.8, 4) is 0 Å². The molecule has 1 aromatic rings. The maximum Gasteiger partial charge on any atom is 0.242 e. The number of hydrogen-bond acceptors (Lipinski definition) is 4. The van der Waals surface area contributed by atoms with Crippen molar-refractivity contribution >= 4 is 23.7 Å². The van der Waals surface area contributed by atoms with Gasteiger partial charge in [0.2, 0.25) is 12.3 Å². The standard InChI is InChI=1S/C10H13N3O2S/c14-7-11-6-13-4-3-12-10(15)9(13)8-2-1-5-16-8/h1-2,5,7,9H,3-4,6H2,(H,11,14)(H,12,15). The maximum absolute atomic E-state index is 11.8. The van der Waals surface area contributed by atoms with Gasteiger partial charge in [-0.25, -0.2) is 0 Å². The molecule has 0 aliphatic carbocycles. The predicted molar refractivity (Wildman–Crippen MR) is 60.8 cm³/mol. The molecule has 86 valence electrons. The van der Waals surface area contributed by atoms with Gasteiger partial charge in [-0.2, -0.15) is 0 Å². The SMILES string of the molecule is O=CNCN1CCNC(=O)C1c1cccs1. The molecule has 2 rings (SSSR count). The van der Waals surface area contributed by atoms with Crippen LogP contribution in [0.5, 0.6) is 0 Å². The normalized spacial score (nSPS) is 21.5. The summed E-state index contributed by atoms with van der Waals surface area (Å²) in [7, 11) is 0. The van der Waals surface area contributed by atoms with Gasteiger partial charge < -0.3 is 10.6 Å². The monoisotopic (exact) mass is 239 g/mol. The fourth-order valence-corrected chi connectivity index (χ4v) is 2.65. The first-order chi connectivity index (χ1) is 7.83. The summed E-state index contributed by atoms with van der Waals surface area (Å²) in [4.78, 5) is 25.1. The van der Waals surface area contributed by atoms with Crippen LogP contribution in [0.25, 0.3) is 0 Å². The Kier molecular flexibility index (Phi) is 3.53. The van der Waals surface area contributed by atoms with Gasteiger partial charge >= 0.3 is 0 Å². The third-order valence-electron chi connectivity index (χ3n) is 2.50. The molecule has 2 amide bonds. The zero-order valence-electron chi connectivity index (χ0n) is 8.68. The smallest absolute Gasteiger partial charge is 0.242 e. The Morgan fingerprint density at radius 3 is 3.25 bits per heavy atom. The van der Waals surface area contributed by atoms with E-state index < -0.39 is 0 Å². The fraction of sp³-hybridized carbons (Fsp3) is 0.400. The van der Waals surface area contributed by atoms with Crippen LogP contribution in [0.3, 0.4) is 0 Å². The van der Waals surface area contributed by atoms with Crippen LogP contribution < -0.4 is 10.6 Å². The number of hydrogen-bond donors (Lipinski definition) is 2. The molecule has 6 heteroatoms. The molecule has 0 radical (unpaired) electrons. The number of amides is 2. The summed E-state index contributed by atoms with van der Waals surface area (Å²) in [6, 6.07) is 3.59. The van der Waals surface area contributed by atoms with Gasteiger partial charge in [0.15, 0.2) is 0 Å². The van der Waals surface area contributed by atoms with E-state index in [1.807, 2.05) is 22.4 Å². The van der Waals surface area contributed by atoms with E-state index >= 15 is 0 Å². The Morgan fingerprint density at radius 1 is 1.69 bits per heavy atom. The van der Waals surface area contributed by atoms with Gasteiger partial charge in [0.25, 0.3) is 0 Å². The molecular weight excluding hydrogens is 226 g/mol. The predicted octanol–water partition coefficient (Wildman–Crippen LogP) is -0.0755. The summed E-state index contributed by atoms with van der Waals surface area (Å²) in [5.74, 6) is 0.00130. The maximum atomic E-state index is 11.8. The van der Waals surface area contributed by atoms with Gasteiger partial charge in [0.05, 0.1) is 6.67 Å². The van der Waals surface area contributed by atoms with Crippen molar-refractivity contribution in [2.45, 2.75) is 6.04 Å². The summed E-state index contributed by atoms with van der Waals surface area (Å²) in [5.41, 5.74) is 0. The van der Waals surface area contributed by atoms with E-state index in [-0.39, 0.29) is 11.9 Å². The number of carbonyl (C=O) groups excluding carboxylic acids is 2. The molecule has 1 atom stereocenters. The number of rotatable bonds is 4. The van der Waals surface area contributed by atoms with Gasteiger partial charge in [-0.3, -0.25) is 14.5 Å². The molecule has 0 aromatic carbocycles. The van der Waals surface area contributed by atoms with Crippen molar-refractivity contribution < 1.29 is 9.59 Å². The van der Waals surface area contributed by atoms with Crippen LogP contribution in [0, 0.1) is 0 Å². The lowest BCUT2D eigenvalue weighted by atomic mass is 10.1. The highest BCUT2D eigenvalue weighted by atomic mass is 32.1. The van der Waals surface area contributed by atoms with Gasteiger partial charge in [-0.05, 0) is 11.4 Å². The molecule has 1 aliphatic rings. The van der Waals surface area contributed by atoms with Crippen LogP contribution in [0.1, 0.15) is 10.9 Å². The molecule has 1 unspecified atom stereocenters. The van der Waals surface area contributed by atoms with E-state index in [1.54, 1.807) is 11.3 Å². The fourth-order valence-electron chi connectivity index (χ4n) is 1.80. The van der Waals surface area contributed by atoms with Crippen LogP contribution in [-0.2, 0) is 9.59 Å². The Balaban J connectivity index is 2.14. The molecule has 0 saturated carbocycles. The van der Waals surface area contributed by atoms with Crippen molar-refractivity contribution in [3.05, 3.63) is 22.4 Å². The van der Waals surface area contributed by atoms with E-state index in [9.17, 15) is 9.59 Å². The highest BCUT2D eigenvalue weighted by molar-refractivity contribution is 7.10. The lowest BCUT2D eigenvalue weighted by molar-refractivity contribution is -0.130. The average Bonchev–Trinajstić information content (AvgIpc) is 2.79. The third-order valence-corrected chi connectivity index (χ3v) is 3.43. The van der Waals surface area contributed by atoms with E-state index in [4.69, 9.17) is 0 Å². The Labute approximate surface area is 97.4 Å². The Morgan fingerprint density at radius 2 is 2.56 bits per heavy atom. The summed E-state index contributed by atoms with van der Waals surface area (Å²) in [6.07, 6.45) is 0.651. The number of thiophene rings is 1. The third kappa shape index (κ3) is 2.23. The highest BCUT2D eigenvalue weighted by Gasteiger charge is 2.31. The second-order valence-corrected chi connectivity index (χ2v) is 4.48. The molecule has 1 aliphatic heterocycles. The summed E-state index contributed by atoms with van der Waals surface area (Å²) in [6.45, 7) is 1.77. The molecule has 1 fully saturated rings. The average molecular weight is 239 g/mol. The highest BCUT2D eigenvalue weighted by Crippen LogP contribution is 2.26. The molecule has 16 heavy (non-hydrogen) atoms. The largest absolute Gasteiger partial charge is 0.353 e. The van der Waals surface area contributed by atoms with Crippen molar-refractivity contribution in [3.63, 3.8) is 0 Å². The number of nitrogens with zero attached hydrogens (tertiary/aromatic N) is 1. The van der Waals surface area contributed by atoms with Crippen LogP contribution in [-0.4, -0.2) is 37.0 Å². The molecular formula is C10H13N3O2S. The van der Waals surface area contributed by atoms with Crippen molar-refractivity contribution in [1.29, 1.82) is 0 Å². The van der Waals surface area contributed by atoms with Crippen LogP contribution in [0.2, 0.25) is 0 Å². The van der Waals surface area contributed by atoms with E-state index in [0.29, 0.717) is 19.6 Å². The summed E-state index contributed by atoms with van der Waals surface area (Å²) < 4.78 is 0. The number of nitrogens with one attached hydrogen (secondary N) is 2. The van der Waals surface area contributed by atoms with Gasteiger partial charge in [-0.1, -0.05) is 6.07 Å². The molecule has 0 spiro atoms. The van der Waals surface area contributed by atoms with Crippen molar-refractivity contribution in [1.82, 2.24) is 15.5 Å². The first-order valence-electron chi connectivity index (χ1n) is 5.05. The zero-order chi connectivity index (χ0) is 11.4. The minimum Gasteiger partial charge on any atom is -0.353 e. The van der Waals surface area contributed by atoms with Crippen LogP contribution in [0.15, 0.2) is 17.5 Å². The lowest BCUT2D eigenvalue weighted by Gasteiger charge is -2.33. The molecule has 1 saturated heterocycles. The summed E-state index contributed by atoms with van der Waals surface area (Å²) in [5, 5.41) is 7.38. The van der Waals surface area contributed by atoms with E-state index in [0.717, 1.165) is 11.4 Å². The van der Waals surface area contributed by atoms with Gasteiger partial charge in [-0.15, -0.1) is 11.3 Å². The Hall–Kier alpha value is -1.40. The van der Waals surface area contributed by atoms with E-state index in [1.165, 1.54) is 0 Å². The topological polar surface area (TPSA) is 61.4 Å². The van der Waals surface area contributed by atoms with Crippen LogP contribution in [0.4, 0.5) is 0 Å².